The first-order chi connectivity index (χ1) is 13.0. The molecule has 0 spiro atoms. The zero-order valence-electron chi connectivity index (χ0n) is 18.8. The van der Waals surface area contributed by atoms with Crippen molar-refractivity contribution in [3.05, 3.63) is 58.7 Å². The fraction of sp³-hybridized carbons (Fsp3) is 0.615. The van der Waals surface area contributed by atoms with Crippen LogP contribution in [0, 0.1) is 5.92 Å². The molecule has 2 aliphatic carbocycles. The van der Waals surface area contributed by atoms with Gasteiger partial charge in [0.1, 0.15) is 0 Å². The summed E-state index contributed by atoms with van der Waals surface area (Å²) >= 11 is 0. The lowest BCUT2D eigenvalue weighted by molar-refractivity contribution is -0.0590. The second kappa shape index (κ2) is 7.46. The molecule has 0 amide bonds. The fourth-order valence-electron chi connectivity index (χ4n) is 4.72. The summed E-state index contributed by atoms with van der Waals surface area (Å²) in [6.45, 7) is 16.4. The Morgan fingerprint density at radius 2 is 1.79 bits per heavy atom. The van der Waals surface area contributed by atoms with Gasteiger partial charge in [-0.3, -0.25) is 0 Å². The van der Waals surface area contributed by atoms with Crippen LogP contribution in [0.3, 0.4) is 0 Å². The molecule has 0 radical (unpaired) electrons. The summed E-state index contributed by atoms with van der Waals surface area (Å²) in [7, 11) is 0. The molecule has 2 nitrogen and oxygen atoms in total. The molecule has 1 unspecified atom stereocenters. The Morgan fingerprint density at radius 3 is 2.43 bits per heavy atom. The molecular formula is C26H38O2. The number of rotatable bonds is 6. The summed E-state index contributed by atoms with van der Waals surface area (Å²) in [6.07, 6.45) is 9.09. The Kier molecular flexibility index (Phi) is 5.68. The van der Waals surface area contributed by atoms with Crippen molar-refractivity contribution >= 4 is 0 Å². The zero-order valence-corrected chi connectivity index (χ0v) is 18.8. The molecule has 3 atom stereocenters. The Labute approximate surface area is 171 Å². The minimum atomic E-state index is -0.813. The van der Waals surface area contributed by atoms with E-state index in [0.717, 1.165) is 5.57 Å². The molecule has 2 aliphatic rings. The van der Waals surface area contributed by atoms with Gasteiger partial charge < -0.3 is 9.84 Å². The first-order valence-electron chi connectivity index (χ1n) is 10.8. The van der Waals surface area contributed by atoms with Gasteiger partial charge >= 0.3 is 0 Å². The lowest BCUT2D eigenvalue weighted by Crippen LogP contribution is -2.34. The molecule has 154 valence electrons. The number of hydrogen-bond acceptors (Lipinski definition) is 2. The highest BCUT2D eigenvalue weighted by Crippen LogP contribution is 2.56. The molecule has 0 heterocycles. The molecule has 1 N–H and O–H groups in total. The Hall–Kier alpha value is -1.38. The van der Waals surface area contributed by atoms with Gasteiger partial charge in [0.25, 0.3) is 0 Å². The van der Waals surface area contributed by atoms with Crippen molar-refractivity contribution in [1.82, 2.24) is 0 Å². The van der Waals surface area contributed by atoms with Gasteiger partial charge in [-0.15, -0.1) is 0 Å². The van der Waals surface area contributed by atoms with Crippen LogP contribution in [0.1, 0.15) is 84.4 Å². The Bertz CT molecular complexity index is 784. The number of allylic oxidation sites excluding steroid dienone is 3. The van der Waals surface area contributed by atoms with Crippen LogP contribution >= 0.6 is 0 Å². The zero-order chi connectivity index (χ0) is 20.7. The van der Waals surface area contributed by atoms with Gasteiger partial charge in [-0.05, 0) is 78.0 Å². The quantitative estimate of drug-likeness (QED) is 0.471. The number of hydrogen-bond donors (Lipinski definition) is 1. The van der Waals surface area contributed by atoms with Gasteiger partial charge in [0.15, 0.2) is 6.29 Å². The van der Waals surface area contributed by atoms with Crippen LogP contribution in [-0.2, 0) is 21.0 Å². The molecule has 0 saturated heterocycles. The van der Waals surface area contributed by atoms with Gasteiger partial charge in [-0.25, -0.2) is 0 Å². The maximum absolute atomic E-state index is 9.75. The van der Waals surface area contributed by atoms with Crippen molar-refractivity contribution in [1.29, 1.82) is 0 Å². The molecule has 1 aromatic rings. The summed E-state index contributed by atoms with van der Waals surface area (Å²) < 4.78 is 5.18. The van der Waals surface area contributed by atoms with E-state index in [4.69, 9.17) is 4.74 Å². The van der Waals surface area contributed by atoms with Crippen LogP contribution in [0.5, 0.6) is 0 Å². The van der Waals surface area contributed by atoms with Gasteiger partial charge in [0.05, 0.1) is 0 Å². The van der Waals surface area contributed by atoms with E-state index in [1.165, 1.54) is 30.4 Å². The molecule has 1 saturated carbocycles. The largest absolute Gasteiger partial charge is 0.365 e. The predicted molar refractivity (Wildman–Crippen MR) is 118 cm³/mol. The number of ether oxygens (including phenoxy) is 1. The molecule has 2 heteroatoms. The second-order valence-corrected chi connectivity index (χ2v) is 10.4. The molecule has 0 bridgehead atoms. The van der Waals surface area contributed by atoms with Gasteiger partial charge in [-0.2, -0.15) is 0 Å². The van der Waals surface area contributed by atoms with E-state index in [9.17, 15) is 5.11 Å². The molecule has 1 fully saturated rings. The predicted octanol–water partition coefficient (Wildman–Crippen LogP) is 6.17. The Morgan fingerprint density at radius 1 is 1.14 bits per heavy atom. The van der Waals surface area contributed by atoms with E-state index in [1.807, 2.05) is 13.8 Å². The number of aliphatic hydroxyl groups is 1. The fourth-order valence-corrected chi connectivity index (χ4v) is 4.72. The monoisotopic (exact) mass is 382 g/mol. The molecule has 0 aromatic heterocycles. The average Bonchev–Trinajstić information content (AvgIpc) is 3.29. The van der Waals surface area contributed by atoms with Crippen molar-refractivity contribution in [2.45, 2.75) is 90.3 Å². The summed E-state index contributed by atoms with van der Waals surface area (Å²) in [5, 5.41) is 9.75. The van der Waals surface area contributed by atoms with Crippen LogP contribution in [0.25, 0.3) is 0 Å². The third-order valence-corrected chi connectivity index (χ3v) is 7.15. The summed E-state index contributed by atoms with van der Waals surface area (Å²) in [5.41, 5.74) is 6.36. The van der Waals surface area contributed by atoms with E-state index in [1.54, 1.807) is 11.6 Å². The highest BCUT2D eigenvalue weighted by molar-refractivity contribution is 5.48. The van der Waals surface area contributed by atoms with Crippen LogP contribution < -0.4 is 0 Å². The molecule has 28 heavy (non-hydrogen) atoms. The summed E-state index contributed by atoms with van der Waals surface area (Å²) in [5.74, 6) is 0.554. The van der Waals surface area contributed by atoms with Gasteiger partial charge in [0.2, 0.25) is 0 Å². The van der Waals surface area contributed by atoms with Gasteiger partial charge in [0, 0.05) is 6.61 Å². The molecule has 0 aliphatic heterocycles. The molecular weight excluding hydrogens is 344 g/mol. The van der Waals surface area contributed by atoms with Crippen molar-refractivity contribution in [2.24, 2.45) is 5.92 Å². The van der Waals surface area contributed by atoms with Crippen LogP contribution in [0.15, 0.2) is 42.0 Å². The molecule has 1 aromatic carbocycles. The third-order valence-electron chi connectivity index (χ3n) is 7.15. The first-order valence-corrected chi connectivity index (χ1v) is 10.8. The van der Waals surface area contributed by atoms with E-state index in [0.29, 0.717) is 12.5 Å². The average molecular weight is 383 g/mol. The van der Waals surface area contributed by atoms with Crippen LogP contribution in [0.4, 0.5) is 0 Å². The lowest BCUT2D eigenvalue weighted by Gasteiger charge is -2.42. The normalized spacial score (nSPS) is 29.6. The topological polar surface area (TPSA) is 29.5 Å². The summed E-state index contributed by atoms with van der Waals surface area (Å²) in [4.78, 5) is 0. The second-order valence-electron chi connectivity index (χ2n) is 10.4. The highest BCUT2D eigenvalue weighted by Gasteiger charge is 2.50. The van der Waals surface area contributed by atoms with Crippen LogP contribution in [-0.4, -0.2) is 18.0 Å². The van der Waals surface area contributed by atoms with E-state index in [2.05, 4.69) is 65.0 Å². The smallest absolute Gasteiger partial charge is 0.174 e. The number of benzene rings is 1. The maximum Gasteiger partial charge on any atom is 0.174 e. The minimum absolute atomic E-state index is 0.224. The SMILES string of the molecule is CCOC(O)/C=C(C)/C=C/[C@@H]1C[C@]1(C)c1ccc2c(c1)C(C)(C)CCC2(C)C. The van der Waals surface area contributed by atoms with E-state index < -0.39 is 6.29 Å². The van der Waals surface area contributed by atoms with Crippen molar-refractivity contribution in [2.75, 3.05) is 6.61 Å². The third kappa shape index (κ3) is 4.14. The van der Waals surface area contributed by atoms with Crippen LogP contribution in [0.2, 0.25) is 0 Å². The summed E-state index contributed by atoms with van der Waals surface area (Å²) in [6, 6.07) is 7.28. The molecule has 3 rings (SSSR count). The standard InChI is InChI=1S/C26H38O2/c1-8-28-23(27)15-18(2)9-10-20-17-26(20,7)19-11-12-21-22(16-19)25(5,6)14-13-24(21,3)4/h9-12,15-16,20,23,27H,8,13-14,17H2,1-7H3/b10-9+,18-15+/t20-,23?,26-/m1/s1. The van der Waals surface area contributed by atoms with Crippen molar-refractivity contribution in [3.63, 3.8) is 0 Å². The van der Waals surface area contributed by atoms with E-state index in [-0.39, 0.29) is 16.2 Å². The minimum Gasteiger partial charge on any atom is -0.365 e. The van der Waals surface area contributed by atoms with Crippen molar-refractivity contribution in [3.8, 4) is 0 Å². The first kappa shape index (κ1) is 21.3. The highest BCUT2D eigenvalue weighted by atomic mass is 16.6. The number of fused-ring (bicyclic) bond motifs is 1. The van der Waals surface area contributed by atoms with Crippen molar-refractivity contribution < 1.29 is 9.84 Å². The maximum atomic E-state index is 9.75. The van der Waals surface area contributed by atoms with E-state index >= 15 is 0 Å². The van der Waals surface area contributed by atoms with Gasteiger partial charge in [-0.1, -0.05) is 70.5 Å². The lowest BCUT2D eigenvalue weighted by atomic mass is 9.62. The number of aliphatic hydroxyl groups excluding tert-OH is 1. The Balaban J connectivity index is 1.79.